The standard InChI is InChI=1S/C13H14O.C10H12O2.C10H16.2C9H10O2.4C2H6.CH4/c1-3-10-8-12(14-2)9-11-6-4-5-7-13(10)11;1-8-4-2-3-5-10(8)12-7-9-6-11-9;1-2-9-7-4-5-8(6-7)10(9)3-1;2*1-2-4-8(5-3-1)10-6-9-7-11-9;4*1-2;/h4-9H,3H2,1-2H3;2-5,9H,6-7H2,1H3;7-10H,1-6H2;2*1-5,9H,6-7H2;4*1-2H3;1H4. The van der Waals surface area contributed by atoms with Crippen molar-refractivity contribution in [2.75, 3.05) is 46.8 Å². The van der Waals surface area contributed by atoms with Crippen LogP contribution in [0.25, 0.3) is 10.8 Å². The van der Waals surface area contributed by atoms with Gasteiger partial charge in [-0.15, -0.1) is 0 Å². The Balaban J connectivity index is 0.000000277. The summed E-state index contributed by atoms with van der Waals surface area (Å²) in [5.74, 6) is 8.55. The lowest BCUT2D eigenvalue weighted by Gasteiger charge is -2.23. The molecule has 0 spiro atoms. The van der Waals surface area contributed by atoms with E-state index in [-0.39, 0.29) is 7.43 Å². The third-order valence-electron chi connectivity index (χ3n) is 12.0. The van der Waals surface area contributed by atoms with Gasteiger partial charge in [0.25, 0.3) is 0 Å². The first-order chi connectivity index (χ1) is 32.6. The summed E-state index contributed by atoms with van der Waals surface area (Å²) in [4.78, 5) is 0. The summed E-state index contributed by atoms with van der Waals surface area (Å²) in [6.07, 6.45) is 11.6. The quantitative estimate of drug-likeness (QED) is 0.122. The maximum atomic E-state index is 5.54. The van der Waals surface area contributed by atoms with Crippen LogP contribution in [0.4, 0.5) is 0 Å². The molecule has 3 saturated heterocycles. The number of fused-ring (bicyclic) bond motifs is 6. The van der Waals surface area contributed by atoms with Gasteiger partial charge in [0, 0.05) is 0 Å². The molecule has 6 aliphatic rings. The predicted molar refractivity (Wildman–Crippen MR) is 283 cm³/mol. The molecule has 7 unspecified atom stereocenters. The van der Waals surface area contributed by atoms with Crippen LogP contribution in [0.3, 0.4) is 0 Å². The monoisotopic (exact) mass is 923 g/mol. The van der Waals surface area contributed by atoms with Crippen LogP contribution in [0.15, 0.2) is 121 Å². The largest absolute Gasteiger partial charge is 0.497 e. The molecule has 3 saturated carbocycles. The topological polar surface area (TPSA) is 74.5 Å². The zero-order chi connectivity index (χ0) is 47.9. The van der Waals surface area contributed by atoms with Gasteiger partial charge in [-0.05, 0) is 133 Å². The Bertz CT molecular complexity index is 1870. The van der Waals surface area contributed by atoms with Crippen LogP contribution in [0.5, 0.6) is 23.0 Å². The molecule has 3 aliphatic carbocycles. The number of ether oxygens (including phenoxy) is 7. The number of hydrogen-bond acceptors (Lipinski definition) is 7. The highest BCUT2D eigenvalue weighted by atomic mass is 16.6. The van der Waals surface area contributed by atoms with Crippen LogP contribution >= 0.6 is 0 Å². The van der Waals surface area contributed by atoms with E-state index in [1.165, 1.54) is 45.6 Å². The molecule has 67 heavy (non-hydrogen) atoms. The molecular weight excluding hydrogens is 833 g/mol. The molecule has 7 nitrogen and oxygen atoms in total. The first-order valence-electron chi connectivity index (χ1n) is 25.5. The Morgan fingerprint density at radius 1 is 0.507 bits per heavy atom. The molecule has 0 N–H and O–H groups in total. The highest BCUT2D eigenvalue weighted by Gasteiger charge is 2.48. The van der Waals surface area contributed by atoms with Gasteiger partial charge in [-0.1, -0.05) is 155 Å². The first-order valence-corrected chi connectivity index (χ1v) is 25.5. The van der Waals surface area contributed by atoms with Crippen molar-refractivity contribution in [2.45, 2.75) is 140 Å². The molecule has 7 heteroatoms. The van der Waals surface area contributed by atoms with Crippen molar-refractivity contribution in [3.05, 3.63) is 132 Å². The van der Waals surface area contributed by atoms with Gasteiger partial charge in [0.15, 0.2) is 0 Å². The van der Waals surface area contributed by atoms with E-state index in [2.05, 4.69) is 43.3 Å². The van der Waals surface area contributed by atoms with Gasteiger partial charge in [0.05, 0.1) is 26.9 Å². The van der Waals surface area contributed by atoms with E-state index < -0.39 is 0 Å². The second-order valence-corrected chi connectivity index (χ2v) is 16.1. The van der Waals surface area contributed by atoms with Gasteiger partial charge >= 0.3 is 0 Å². The Kier molecular flexibility index (Phi) is 30.3. The highest BCUT2D eigenvalue weighted by Crippen LogP contribution is 2.58. The van der Waals surface area contributed by atoms with E-state index in [0.717, 1.165) is 49.2 Å². The molecule has 0 radical (unpaired) electrons. The normalized spacial score (nSPS) is 21.8. The average Bonchev–Trinajstić information content (AvgIpc) is 4.37. The molecule has 6 fully saturated rings. The smallest absolute Gasteiger partial charge is 0.122 e. The zero-order valence-corrected chi connectivity index (χ0v) is 42.6. The number of hydrogen-bond donors (Lipinski definition) is 0. The molecular formula is C60H90O7. The van der Waals surface area contributed by atoms with Gasteiger partial charge in [-0.2, -0.15) is 0 Å². The van der Waals surface area contributed by atoms with Gasteiger partial charge in [0.1, 0.15) is 61.1 Å². The van der Waals surface area contributed by atoms with E-state index in [0.29, 0.717) is 38.1 Å². The molecule has 5 aromatic carbocycles. The van der Waals surface area contributed by atoms with Gasteiger partial charge in [0.2, 0.25) is 0 Å². The fraction of sp³-hybridized carbons (Fsp3) is 0.533. The van der Waals surface area contributed by atoms with Gasteiger partial charge in [-0.3, -0.25) is 0 Å². The molecule has 372 valence electrons. The SMILES string of the molecule is C.C1CC2C3CCC(C3)C2C1.CC.CC.CC.CC.CCc1cc(OC)cc2ccccc12.Cc1ccccc1OCC1CO1.c1ccc(OCC2CO2)cc1.c1ccc(OCC2CO2)cc1. The number of aryl methyl sites for hydroxylation is 2. The summed E-state index contributed by atoms with van der Waals surface area (Å²) in [5.41, 5.74) is 2.53. The first kappa shape index (κ1) is 58.6. The third-order valence-corrected chi connectivity index (χ3v) is 12.0. The van der Waals surface area contributed by atoms with Crippen molar-refractivity contribution >= 4 is 10.8 Å². The zero-order valence-electron chi connectivity index (χ0n) is 42.6. The lowest BCUT2D eigenvalue weighted by molar-refractivity contribution is 0.259. The lowest BCUT2D eigenvalue weighted by atomic mass is 9.82. The predicted octanol–water partition coefficient (Wildman–Crippen LogP) is 15.7. The summed E-state index contributed by atoms with van der Waals surface area (Å²) in [7, 11) is 1.71. The molecule has 3 heterocycles. The fourth-order valence-corrected chi connectivity index (χ4v) is 8.59. The average molecular weight is 923 g/mol. The van der Waals surface area contributed by atoms with Crippen LogP contribution < -0.4 is 18.9 Å². The van der Waals surface area contributed by atoms with E-state index in [1.807, 2.05) is 147 Å². The second-order valence-electron chi connectivity index (χ2n) is 16.1. The lowest BCUT2D eigenvalue weighted by Crippen LogP contribution is -2.15. The molecule has 0 aromatic heterocycles. The van der Waals surface area contributed by atoms with E-state index in [1.54, 1.807) is 45.6 Å². The Morgan fingerprint density at radius 2 is 0.940 bits per heavy atom. The van der Waals surface area contributed by atoms with Crippen LogP contribution in [-0.4, -0.2) is 65.1 Å². The van der Waals surface area contributed by atoms with E-state index in [9.17, 15) is 0 Å². The Morgan fingerprint density at radius 3 is 1.39 bits per heavy atom. The maximum absolute atomic E-state index is 5.54. The minimum absolute atomic E-state index is 0. The van der Waals surface area contributed by atoms with E-state index in [4.69, 9.17) is 33.2 Å². The van der Waals surface area contributed by atoms with Crippen molar-refractivity contribution in [3.63, 3.8) is 0 Å². The van der Waals surface area contributed by atoms with Crippen LogP contribution in [0.2, 0.25) is 0 Å². The summed E-state index contributed by atoms with van der Waals surface area (Å²) in [6.45, 7) is 24.8. The van der Waals surface area contributed by atoms with Crippen molar-refractivity contribution in [3.8, 4) is 23.0 Å². The third kappa shape index (κ3) is 21.5. The molecule has 7 atom stereocenters. The van der Waals surface area contributed by atoms with Crippen molar-refractivity contribution in [1.29, 1.82) is 0 Å². The minimum Gasteiger partial charge on any atom is -0.497 e. The number of para-hydroxylation sites is 3. The van der Waals surface area contributed by atoms with Crippen LogP contribution in [-0.2, 0) is 20.6 Å². The number of benzene rings is 5. The number of methoxy groups -OCH3 is 1. The van der Waals surface area contributed by atoms with Gasteiger partial charge < -0.3 is 33.2 Å². The maximum Gasteiger partial charge on any atom is 0.122 e. The van der Waals surface area contributed by atoms with Crippen molar-refractivity contribution in [2.24, 2.45) is 23.7 Å². The Hall–Kier alpha value is -4.56. The highest BCUT2D eigenvalue weighted by molar-refractivity contribution is 5.87. The molecule has 2 bridgehead atoms. The second kappa shape index (κ2) is 34.7. The van der Waals surface area contributed by atoms with Crippen LogP contribution in [0.1, 0.15) is 119 Å². The number of rotatable bonds is 11. The van der Waals surface area contributed by atoms with Crippen molar-refractivity contribution in [1.82, 2.24) is 0 Å². The van der Waals surface area contributed by atoms with Crippen LogP contribution in [0, 0.1) is 30.6 Å². The van der Waals surface area contributed by atoms with Gasteiger partial charge in [-0.25, -0.2) is 0 Å². The Labute approximate surface area is 408 Å². The van der Waals surface area contributed by atoms with Crippen molar-refractivity contribution < 1.29 is 33.2 Å². The minimum atomic E-state index is 0. The molecule has 3 aliphatic heterocycles. The molecule has 11 rings (SSSR count). The summed E-state index contributed by atoms with van der Waals surface area (Å²) in [6, 6.07) is 40.2. The molecule has 0 amide bonds. The summed E-state index contributed by atoms with van der Waals surface area (Å²) < 4.78 is 36.7. The summed E-state index contributed by atoms with van der Waals surface area (Å²) in [5, 5.41) is 2.58. The number of epoxide rings is 3. The van der Waals surface area contributed by atoms with E-state index >= 15 is 0 Å². The fourth-order valence-electron chi connectivity index (χ4n) is 8.59. The summed E-state index contributed by atoms with van der Waals surface area (Å²) >= 11 is 0. The molecule has 5 aromatic rings.